The summed E-state index contributed by atoms with van der Waals surface area (Å²) in [4.78, 5) is 18.0. The third-order valence-corrected chi connectivity index (χ3v) is 4.65. The van der Waals surface area contributed by atoms with Gasteiger partial charge in [-0.05, 0) is 25.7 Å². The summed E-state index contributed by atoms with van der Waals surface area (Å²) in [6.45, 7) is 0. The normalized spacial score (nSPS) is 35.7. The SMILES string of the molecule is CON1C(=O)C2(CCCC2)C(=NO)C12C=CCC2. The Morgan fingerprint density at radius 1 is 1.39 bits per heavy atom. The zero-order valence-corrected chi connectivity index (χ0v) is 10.6. The van der Waals surface area contributed by atoms with E-state index in [4.69, 9.17) is 4.84 Å². The number of oxime groups is 1. The van der Waals surface area contributed by atoms with E-state index in [-0.39, 0.29) is 5.91 Å². The van der Waals surface area contributed by atoms with Crippen molar-refractivity contribution >= 4 is 11.6 Å². The predicted octanol–water partition coefficient (Wildman–Crippen LogP) is 1.87. The molecule has 1 heterocycles. The molecule has 1 amide bonds. The van der Waals surface area contributed by atoms with Gasteiger partial charge in [0.15, 0.2) is 0 Å². The van der Waals surface area contributed by atoms with E-state index in [2.05, 4.69) is 5.16 Å². The van der Waals surface area contributed by atoms with Gasteiger partial charge in [0, 0.05) is 0 Å². The lowest BCUT2D eigenvalue weighted by atomic mass is 9.76. The minimum atomic E-state index is -0.648. The average Bonchev–Trinajstić information content (AvgIpc) is 3.05. The zero-order chi connectivity index (χ0) is 12.8. The van der Waals surface area contributed by atoms with Crippen molar-refractivity contribution in [3.8, 4) is 0 Å². The molecule has 5 nitrogen and oxygen atoms in total. The molecule has 3 aliphatic rings. The van der Waals surface area contributed by atoms with Crippen molar-refractivity contribution in [3.05, 3.63) is 12.2 Å². The number of amides is 1. The average molecular weight is 250 g/mol. The minimum absolute atomic E-state index is 0.0400. The molecular weight excluding hydrogens is 232 g/mol. The molecule has 1 N–H and O–H groups in total. The van der Waals surface area contributed by atoms with Crippen LogP contribution in [0.4, 0.5) is 0 Å². The third-order valence-electron chi connectivity index (χ3n) is 4.65. The van der Waals surface area contributed by atoms with Crippen LogP contribution in [0, 0.1) is 5.41 Å². The largest absolute Gasteiger partial charge is 0.411 e. The van der Waals surface area contributed by atoms with E-state index in [0.29, 0.717) is 5.71 Å². The van der Waals surface area contributed by atoms with Crippen LogP contribution in [-0.2, 0) is 9.63 Å². The number of carbonyl (C=O) groups is 1. The van der Waals surface area contributed by atoms with Crippen molar-refractivity contribution in [2.24, 2.45) is 10.6 Å². The first-order valence-corrected chi connectivity index (χ1v) is 6.51. The predicted molar refractivity (Wildman–Crippen MR) is 65.1 cm³/mol. The van der Waals surface area contributed by atoms with Crippen molar-refractivity contribution in [3.63, 3.8) is 0 Å². The number of hydroxylamine groups is 2. The van der Waals surface area contributed by atoms with Crippen LogP contribution in [-0.4, -0.2) is 34.5 Å². The van der Waals surface area contributed by atoms with Gasteiger partial charge in [-0.25, -0.2) is 5.06 Å². The van der Waals surface area contributed by atoms with Crippen molar-refractivity contribution in [1.29, 1.82) is 0 Å². The van der Waals surface area contributed by atoms with Crippen molar-refractivity contribution in [1.82, 2.24) is 5.06 Å². The molecule has 98 valence electrons. The van der Waals surface area contributed by atoms with E-state index < -0.39 is 11.0 Å². The Morgan fingerprint density at radius 2 is 2.11 bits per heavy atom. The molecule has 1 unspecified atom stereocenters. The van der Waals surface area contributed by atoms with Crippen LogP contribution in [0.15, 0.2) is 17.3 Å². The summed E-state index contributed by atoms with van der Waals surface area (Å²) in [6.07, 6.45) is 9.14. The van der Waals surface area contributed by atoms with Gasteiger partial charge >= 0.3 is 0 Å². The Kier molecular flexibility index (Phi) is 2.48. The Bertz CT molecular complexity index is 438. The highest BCUT2D eigenvalue weighted by Crippen LogP contribution is 2.53. The Labute approximate surface area is 106 Å². The summed E-state index contributed by atoms with van der Waals surface area (Å²) >= 11 is 0. The smallest absolute Gasteiger partial charge is 0.259 e. The molecule has 0 aromatic carbocycles. The van der Waals surface area contributed by atoms with Crippen LogP contribution < -0.4 is 0 Å². The molecule has 1 atom stereocenters. The van der Waals surface area contributed by atoms with E-state index in [1.807, 2.05) is 12.2 Å². The molecule has 1 aliphatic heterocycles. The second kappa shape index (κ2) is 3.82. The first kappa shape index (κ1) is 11.7. The van der Waals surface area contributed by atoms with Gasteiger partial charge < -0.3 is 5.21 Å². The van der Waals surface area contributed by atoms with Gasteiger partial charge in [-0.2, -0.15) is 0 Å². The van der Waals surface area contributed by atoms with Crippen molar-refractivity contribution in [2.75, 3.05) is 7.11 Å². The van der Waals surface area contributed by atoms with Crippen LogP contribution in [0.25, 0.3) is 0 Å². The molecule has 2 aliphatic carbocycles. The van der Waals surface area contributed by atoms with Gasteiger partial charge in [0.05, 0.1) is 12.5 Å². The Hall–Kier alpha value is -1.36. The third kappa shape index (κ3) is 1.15. The maximum Gasteiger partial charge on any atom is 0.259 e. The minimum Gasteiger partial charge on any atom is -0.411 e. The maximum atomic E-state index is 12.7. The van der Waals surface area contributed by atoms with Crippen LogP contribution in [0.3, 0.4) is 0 Å². The van der Waals surface area contributed by atoms with E-state index >= 15 is 0 Å². The molecule has 18 heavy (non-hydrogen) atoms. The van der Waals surface area contributed by atoms with E-state index in [9.17, 15) is 10.0 Å². The summed E-state index contributed by atoms with van der Waals surface area (Å²) in [5.74, 6) is -0.0400. The highest BCUT2D eigenvalue weighted by atomic mass is 16.7. The van der Waals surface area contributed by atoms with E-state index in [1.165, 1.54) is 12.2 Å². The molecule has 0 aromatic heterocycles. The number of rotatable bonds is 1. The molecule has 3 rings (SSSR count). The van der Waals surface area contributed by atoms with Gasteiger partial charge in [0.2, 0.25) is 0 Å². The summed E-state index contributed by atoms with van der Waals surface area (Å²) < 4.78 is 0. The second-order valence-corrected chi connectivity index (χ2v) is 5.39. The van der Waals surface area contributed by atoms with Crippen LogP contribution in [0.2, 0.25) is 0 Å². The fourth-order valence-corrected chi connectivity index (χ4v) is 3.88. The fraction of sp³-hybridized carbons (Fsp3) is 0.692. The molecule has 5 heteroatoms. The van der Waals surface area contributed by atoms with Crippen molar-refractivity contribution in [2.45, 2.75) is 44.1 Å². The van der Waals surface area contributed by atoms with Gasteiger partial charge in [-0.1, -0.05) is 30.1 Å². The standard InChI is InChI=1S/C13H18N2O3/c1-18-15-11(16)12(6-2-3-7-12)10(14-17)13(15)8-4-5-9-13/h4,8,17H,2-3,5-7,9H2,1H3. The van der Waals surface area contributed by atoms with Crippen LogP contribution >= 0.6 is 0 Å². The first-order chi connectivity index (χ1) is 8.71. The number of allylic oxidation sites excluding steroid dienone is 1. The van der Waals surface area contributed by atoms with E-state index in [0.717, 1.165) is 38.5 Å². The second-order valence-electron chi connectivity index (χ2n) is 5.39. The fourth-order valence-electron chi connectivity index (χ4n) is 3.88. The zero-order valence-electron chi connectivity index (χ0n) is 10.6. The summed E-state index contributed by atoms with van der Waals surface area (Å²) in [5.41, 5.74) is -0.683. The molecule has 0 radical (unpaired) electrons. The van der Waals surface area contributed by atoms with Gasteiger partial charge in [-0.3, -0.25) is 9.63 Å². The quantitative estimate of drug-likeness (QED) is 0.439. The highest BCUT2D eigenvalue weighted by molar-refractivity contribution is 6.20. The molecular formula is C13H18N2O3. The van der Waals surface area contributed by atoms with Gasteiger partial charge in [0.25, 0.3) is 5.91 Å². The van der Waals surface area contributed by atoms with Crippen LogP contribution in [0.1, 0.15) is 38.5 Å². The van der Waals surface area contributed by atoms with Crippen molar-refractivity contribution < 1.29 is 14.8 Å². The monoisotopic (exact) mass is 250 g/mol. The van der Waals surface area contributed by atoms with Gasteiger partial charge in [0.1, 0.15) is 11.3 Å². The number of hydrogen-bond donors (Lipinski definition) is 1. The first-order valence-electron chi connectivity index (χ1n) is 6.51. The maximum absolute atomic E-state index is 12.7. The summed E-state index contributed by atoms with van der Waals surface area (Å²) in [5, 5.41) is 14.4. The lowest BCUT2D eigenvalue weighted by Gasteiger charge is -2.30. The van der Waals surface area contributed by atoms with Crippen LogP contribution in [0.5, 0.6) is 0 Å². The van der Waals surface area contributed by atoms with Gasteiger partial charge in [-0.15, -0.1) is 0 Å². The lowest BCUT2D eigenvalue weighted by molar-refractivity contribution is -0.189. The topological polar surface area (TPSA) is 62.1 Å². The summed E-state index contributed by atoms with van der Waals surface area (Å²) in [6, 6.07) is 0. The molecule has 2 spiro atoms. The number of hydrogen-bond acceptors (Lipinski definition) is 4. The molecule has 1 saturated carbocycles. The number of nitrogens with zero attached hydrogens (tertiary/aromatic N) is 2. The molecule has 2 fully saturated rings. The summed E-state index contributed by atoms with van der Waals surface area (Å²) in [7, 11) is 1.51. The Morgan fingerprint density at radius 3 is 2.61 bits per heavy atom. The molecule has 1 saturated heterocycles. The number of carbonyl (C=O) groups excluding carboxylic acids is 1. The molecule has 0 aromatic rings. The molecule has 0 bridgehead atoms. The lowest BCUT2D eigenvalue weighted by Crippen LogP contribution is -2.46. The Balaban J connectivity index is 2.15. The highest BCUT2D eigenvalue weighted by Gasteiger charge is 2.66. The van der Waals surface area contributed by atoms with E-state index in [1.54, 1.807) is 0 Å².